The van der Waals surface area contributed by atoms with Gasteiger partial charge in [-0.3, -0.25) is 14.0 Å². The Morgan fingerprint density at radius 2 is 2.23 bits per heavy atom. The maximum Gasteiger partial charge on any atom is 0.270 e. The summed E-state index contributed by atoms with van der Waals surface area (Å²) in [5.74, 6) is 0.965. The van der Waals surface area contributed by atoms with Gasteiger partial charge in [0.1, 0.15) is 11.5 Å². The van der Waals surface area contributed by atoms with E-state index in [1.165, 1.54) is 19.4 Å². The average Bonchev–Trinajstić information content (AvgIpc) is 3.11. The maximum absolute atomic E-state index is 12.8. The van der Waals surface area contributed by atoms with Crippen molar-refractivity contribution in [2.45, 2.75) is 18.8 Å². The number of rotatable bonds is 3. The summed E-state index contributed by atoms with van der Waals surface area (Å²) in [5, 5.41) is 8.52. The van der Waals surface area contributed by atoms with Gasteiger partial charge >= 0.3 is 0 Å². The van der Waals surface area contributed by atoms with Gasteiger partial charge in [-0.2, -0.15) is 0 Å². The minimum absolute atomic E-state index is 0.107. The standard InChI is InChI=1S/C18H19N5O3/c1-26-15-10-19-13(9-14(15)24)18(25)22-7-4-5-12(11-22)17-21-20-16-6-2-3-8-23(16)17/h2-3,6,8-10,12H,4-5,7,11H2,1H3,(H,19,24)/t12-/m0/s1. The molecule has 3 aromatic rings. The minimum Gasteiger partial charge on any atom is -0.491 e. The summed E-state index contributed by atoms with van der Waals surface area (Å²) in [6, 6.07) is 7.06. The molecule has 8 nitrogen and oxygen atoms in total. The summed E-state index contributed by atoms with van der Waals surface area (Å²) >= 11 is 0. The highest BCUT2D eigenvalue weighted by atomic mass is 16.5. The third kappa shape index (κ3) is 2.83. The fourth-order valence-electron chi connectivity index (χ4n) is 3.42. The zero-order valence-electron chi connectivity index (χ0n) is 14.4. The number of fused-ring (bicyclic) bond motifs is 1. The van der Waals surface area contributed by atoms with Gasteiger partial charge < -0.3 is 14.6 Å². The van der Waals surface area contributed by atoms with Gasteiger partial charge in [-0.05, 0) is 25.0 Å². The lowest BCUT2D eigenvalue weighted by atomic mass is 9.97. The number of likely N-dealkylation sites (tertiary alicyclic amines) is 1. The molecule has 26 heavy (non-hydrogen) atoms. The molecule has 4 heterocycles. The second-order valence-electron chi connectivity index (χ2n) is 6.36. The number of aromatic amines is 1. The lowest BCUT2D eigenvalue weighted by molar-refractivity contribution is 0.0698. The van der Waals surface area contributed by atoms with Gasteiger partial charge in [-0.25, -0.2) is 0 Å². The first-order valence-corrected chi connectivity index (χ1v) is 8.53. The molecule has 0 radical (unpaired) electrons. The number of carbonyl (C=O) groups excluding carboxylic acids is 1. The molecule has 8 heteroatoms. The van der Waals surface area contributed by atoms with E-state index in [2.05, 4.69) is 15.2 Å². The molecule has 1 N–H and O–H groups in total. The Bertz CT molecular complexity index is 1010. The molecule has 0 bridgehead atoms. The maximum atomic E-state index is 12.8. The van der Waals surface area contributed by atoms with E-state index in [0.717, 1.165) is 24.3 Å². The summed E-state index contributed by atoms with van der Waals surface area (Å²) in [5.41, 5.74) is 0.750. The van der Waals surface area contributed by atoms with Crippen LogP contribution >= 0.6 is 0 Å². The first kappa shape index (κ1) is 16.3. The Morgan fingerprint density at radius 3 is 3.04 bits per heavy atom. The molecule has 0 saturated carbocycles. The molecule has 4 rings (SSSR count). The van der Waals surface area contributed by atoms with E-state index in [1.54, 1.807) is 4.90 Å². The van der Waals surface area contributed by atoms with Crippen molar-refractivity contribution in [3.63, 3.8) is 0 Å². The smallest absolute Gasteiger partial charge is 0.270 e. The van der Waals surface area contributed by atoms with Crippen molar-refractivity contribution < 1.29 is 9.53 Å². The second-order valence-corrected chi connectivity index (χ2v) is 6.36. The summed E-state index contributed by atoms with van der Waals surface area (Å²) in [7, 11) is 1.42. The molecular weight excluding hydrogens is 334 g/mol. The highest BCUT2D eigenvalue weighted by Crippen LogP contribution is 2.26. The predicted octanol–water partition coefficient (Wildman–Crippen LogP) is 1.45. The number of carbonyl (C=O) groups is 1. The van der Waals surface area contributed by atoms with Crippen molar-refractivity contribution in [3.8, 4) is 5.75 Å². The zero-order valence-corrected chi connectivity index (χ0v) is 14.4. The van der Waals surface area contributed by atoms with E-state index >= 15 is 0 Å². The van der Waals surface area contributed by atoms with Gasteiger partial charge in [0, 0.05) is 37.5 Å². The van der Waals surface area contributed by atoms with Gasteiger partial charge in [0.05, 0.1) is 7.11 Å². The largest absolute Gasteiger partial charge is 0.491 e. The number of methoxy groups -OCH3 is 1. The summed E-state index contributed by atoms with van der Waals surface area (Å²) in [4.78, 5) is 29.3. The third-order valence-electron chi connectivity index (χ3n) is 4.74. The van der Waals surface area contributed by atoms with E-state index in [0.29, 0.717) is 13.1 Å². The van der Waals surface area contributed by atoms with Gasteiger partial charge in [0.15, 0.2) is 11.4 Å². The molecule has 1 amide bonds. The zero-order chi connectivity index (χ0) is 18.1. The van der Waals surface area contributed by atoms with Crippen LogP contribution in [-0.2, 0) is 0 Å². The number of nitrogens with one attached hydrogen (secondary N) is 1. The van der Waals surface area contributed by atoms with Gasteiger partial charge in [0.2, 0.25) is 5.43 Å². The van der Waals surface area contributed by atoms with Gasteiger partial charge in [-0.15, -0.1) is 10.2 Å². The lowest BCUT2D eigenvalue weighted by Gasteiger charge is -2.31. The monoisotopic (exact) mass is 353 g/mol. The van der Waals surface area contributed by atoms with Crippen molar-refractivity contribution in [3.05, 3.63) is 58.4 Å². The van der Waals surface area contributed by atoms with Crippen LogP contribution in [0.4, 0.5) is 0 Å². The van der Waals surface area contributed by atoms with E-state index in [1.807, 2.05) is 28.8 Å². The lowest BCUT2D eigenvalue weighted by Crippen LogP contribution is -2.40. The first-order chi connectivity index (χ1) is 12.7. The summed E-state index contributed by atoms with van der Waals surface area (Å²) < 4.78 is 6.91. The van der Waals surface area contributed by atoms with Crippen LogP contribution in [0.3, 0.4) is 0 Å². The number of aromatic nitrogens is 4. The van der Waals surface area contributed by atoms with Crippen LogP contribution < -0.4 is 10.2 Å². The number of hydrogen-bond donors (Lipinski definition) is 1. The summed E-state index contributed by atoms with van der Waals surface area (Å²) in [6.45, 7) is 1.20. The van der Waals surface area contributed by atoms with Gasteiger partial charge in [0.25, 0.3) is 5.91 Å². The highest BCUT2D eigenvalue weighted by Gasteiger charge is 2.29. The summed E-state index contributed by atoms with van der Waals surface area (Å²) in [6.07, 6.45) is 5.17. The Morgan fingerprint density at radius 1 is 1.35 bits per heavy atom. The van der Waals surface area contributed by atoms with Crippen molar-refractivity contribution in [2.24, 2.45) is 0 Å². The van der Waals surface area contributed by atoms with Gasteiger partial charge in [-0.1, -0.05) is 6.07 Å². The molecule has 0 unspecified atom stereocenters. The van der Waals surface area contributed by atoms with Crippen LogP contribution in [0.5, 0.6) is 5.75 Å². The SMILES string of the molecule is COc1c[nH]c(C(=O)N2CCC[C@H](c3nnc4ccccn34)C2)cc1=O. The van der Waals surface area contributed by atoms with Crippen molar-refractivity contribution >= 4 is 11.6 Å². The number of amides is 1. The van der Waals surface area contributed by atoms with Crippen LogP contribution in [0.15, 0.2) is 41.5 Å². The van der Waals surface area contributed by atoms with Crippen LogP contribution in [0, 0.1) is 0 Å². The van der Waals surface area contributed by atoms with E-state index < -0.39 is 0 Å². The van der Waals surface area contributed by atoms with E-state index in [4.69, 9.17) is 4.74 Å². The molecule has 1 aliphatic heterocycles. The van der Waals surface area contributed by atoms with Crippen LogP contribution in [-0.4, -0.2) is 50.6 Å². The van der Waals surface area contributed by atoms with Crippen LogP contribution in [0.2, 0.25) is 0 Å². The molecule has 0 spiro atoms. The number of piperidine rings is 1. The van der Waals surface area contributed by atoms with Crippen LogP contribution in [0.1, 0.15) is 35.1 Å². The molecule has 0 aliphatic carbocycles. The second kappa shape index (κ2) is 6.62. The molecule has 1 saturated heterocycles. The Kier molecular flexibility index (Phi) is 4.16. The minimum atomic E-state index is -0.313. The Hall–Kier alpha value is -3.16. The fraction of sp³-hybridized carbons (Fsp3) is 0.333. The number of nitrogens with zero attached hydrogens (tertiary/aromatic N) is 4. The molecule has 1 fully saturated rings. The molecule has 0 aromatic carbocycles. The topological polar surface area (TPSA) is 92.6 Å². The molecule has 1 atom stereocenters. The molecule has 1 aliphatic rings. The first-order valence-electron chi connectivity index (χ1n) is 8.53. The number of hydrogen-bond acceptors (Lipinski definition) is 5. The van der Waals surface area contributed by atoms with Crippen molar-refractivity contribution in [1.29, 1.82) is 0 Å². The van der Waals surface area contributed by atoms with E-state index in [9.17, 15) is 9.59 Å². The quantitative estimate of drug-likeness (QED) is 0.769. The molecule has 3 aromatic heterocycles. The predicted molar refractivity (Wildman–Crippen MR) is 94.5 cm³/mol. The van der Waals surface area contributed by atoms with Crippen molar-refractivity contribution in [2.75, 3.05) is 20.2 Å². The number of H-pyrrole nitrogens is 1. The number of ether oxygens (including phenoxy) is 1. The van der Waals surface area contributed by atoms with Crippen LogP contribution in [0.25, 0.3) is 5.65 Å². The molecular formula is C18H19N5O3. The third-order valence-corrected chi connectivity index (χ3v) is 4.74. The average molecular weight is 353 g/mol. The Labute approximate surface area is 149 Å². The Balaban J connectivity index is 1.57. The van der Waals surface area contributed by atoms with Crippen molar-refractivity contribution in [1.82, 2.24) is 24.5 Å². The fourth-order valence-corrected chi connectivity index (χ4v) is 3.42. The highest BCUT2D eigenvalue weighted by molar-refractivity contribution is 5.92. The number of pyridine rings is 2. The van der Waals surface area contributed by atoms with E-state index in [-0.39, 0.29) is 28.7 Å². The molecule has 134 valence electrons. The normalized spacial score (nSPS) is 17.4.